The first-order valence-corrected chi connectivity index (χ1v) is 12.8. The third-order valence-electron chi connectivity index (χ3n) is 6.04. The molecule has 0 atom stereocenters. The number of aromatic nitrogens is 4. The molecule has 4 heterocycles. The first kappa shape index (κ1) is 30.4. The molecule has 6 aromatic rings. The second kappa shape index (κ2) is 14.3. The van der Waals surface area contributed by atoms with Crippen LogP contribution in [0.5, 0.6) is 0 Å². The van der Waals surface area contributed by atoms with Crippen molar-refractivity contribution in [1.29, 1.82) is 0 Å². The van der Waals surface area contributed by atoms with Crippen LogP contribution in [0.25, 0.3) is 33.4 Å². The Bertz CT molecular complexity index is 1580. The van der Waals surface area contributed by atoms with E-state index in [9.17, 15) is 9.59 Å². The molecule has 0 radical (unpaired) electrons. The normalized spacial score (nSPS) is 10.1. The van der Waals surface area contributed by atoms with E-state index in [4.69, 9.17) is 0 Å². The molecule has 2 aromatic carbocycles. The molecule has 0 bridgehead atoms. The summed E-state index contributed by atoms with van der Waals surface area (Å²) in [5, 5.41) is 2.51. The van der Waals surface area contributed by atoms with E-state index in [1.807, 2.05) is 48.8 Å². The zero-order chi connectivity index (χ0) is 27.8. The van der Waals surface area contributed by atoms with Gasteiger partial charge >= 0.3 is 21.1 Å². The van der Waals surface area contributed by atoms with Gasteiger partial charge in [-0.2, -0.15) is 0 Å². The molecule has 0 unspecified atom stereocenters. The van der Waals surface area contributed by atoms with Crippen LogP contribution in [-0.4, -0.2) is 30.7 Å². The second-order valence-electron chi connectivity index (χ2n) is 9.32. The predicted molar refractivity (Wildman–Crippen MR) is 158 cm³/mol. The van der Waals surface area contributed by atoms with Crippen LogP contribution in [0.2, 0.25) is 0 Å². The summed E-state index contributed by atoms with van der Waals surface area (Å²) in [4.78, 5) is 28.9. The molecule has 0 N–H and O–H groups in total. The van der Waals surface area contributed by atoms with Gasteiger partial charge in [-0.05, 0) is 76.2 Å². The Balaban J connectivity index is 0.000000177. The molecule has 0 amide bonds. The van der Waals surface area contributed by atoms with E-state index in [1.54, 1.807) is 0 Å². The molecule has 6 nitrogen and oxygen atoms in total. The Labute approximate surface area is 249 Å². The maximum absolute atomic E-state index is 10.0. The van der Waals surface area contributed by atoms with Crippen molar-refractivity contribution in [2.45, 2.75) is 34.1 Å². The fraction of sp³-hybridized carbons (Fsp3) is 0.152. The number of carbonyl (C=O) groups excluding carboxylic acids is 2. The van der Waals surface area contributed by atoms with Gasteiger partial charge in [0, 0.05) is 34.6 Å². The van der Waals surface area contributed by atoms with E-state index in [0.29, 0.717) is 0 Å². The van der Waals surface area contributed by atoms with Crippen LogP contribution in [0.3, 0.4) is 0 Å². The first-order chi connectivity index (χ1) is 18.8. The molecule has 202 valence electrons. The quantitative estimate of drug-likeness (QED) is 0.181. The van der Waals surface area contributed by atoms with Crippen LogP contribution < -0.4 is 0 Å². The summed E-state index contributed by atoms with van der Waals surface area (Å²) in [7, 11) is 0. The minimum Gasteiger partial charge on any atom is -0.300 e. The molecule has 0 spiro atoms. The molecule has 0 fully saturated rings. The molecule has 6 rings (SSSR count). The van der Waals surface area contributed by atoms with E-state index in [0.717, 1.165) is 11.6 Å². The van der Waals surface area contributed by atoms with Crippen molar-refractivity contribution >= 4 is 33.4 Å². The molecule has 7 heteroatoms. The fourth-order valence-electron chi connectivity index (χ4n) is 4.52. The van der Waals surface area contributed by atoms with E-state index in [-0.39, 0.29) is 39.1 Å². The van der Waals surface area contributed by atoms with Gasteiger partial charge in [0.2, 0.25) is 0 Å². The maximum atomic E-state index is 10.0. The number of fused-ring (bicyclic) bond motifs is 2. The van der Waals surface area contributed by atoms with Gasteiger partial charge in [-0.3, -0.25) is 18.7 Å². The van der Waals surface area contributed by atoms with Crippen molar-refractivity contribution in [2.24, 2.45) is 0 Å². The Morgan fingerprint density at radius 1 is 0.600 bits per heavy atom. The van der Waals surface area contributed by atoms with Crippen LogP contribution in [0.1, 0.15) is 31.7 Å². The average Bonchev–Trinajstić information content (AvgIpc) is 3.44. The van der Waals surface area contributed by atoms with Crippen LogP contribution in [0, 0.1) is 13.8 Å². The molecule has 0 saturated carbocycles. The molecular formula is C33H32N4O2Pt+4. The molecule has 4 aromatic heterocycles. The predicted octanol–water partition coefficient (Wildman–Crippen LogP) is 7.22. The van der Waals surface area contributed by atoms with Gasteiger partial charge in [0.25, 0.3) is 0 Å². The van der Waals surface area contributed by atoms with Gasteiger partial charge in [0.15, 0.2) is 0 Å². The van der Waals surface area contributed by atoms with Crippen molar-refractivity contribution in [2.75, 3.05) is 0 Å². The van der Waals surface area contributed by atoms with Gasteiger partial charge in [0.1, 0.15) is 23.2 Å². The van der Waals surface area contributed by atoms with E-state index in [1.165, 1.54) is 47.0 Å². The van der Waals surface area contributed by atoms with Crippen molar-refractivity contribution in [3.05, 3.63) is 121 Å². The molecule has 0 saturated heterocycles. The summed E-state index contributed by atoms with van der Waals surface area (Å²) in [6.45, 7) is 7.02. The first-order valence-electron chi connectivity index (χ1n) is 12.8. The minimum absolute atomic E-state index is 0. The van der Waals surface area contributed by atoms with Crippen LogP contribution in [0.4, 0.5) is 0 Å². The van der Waals surface area contributed by atoms with E-state index in [2.05, 4.69) is 93.6 Å². The topological polar surface area (TPSA) is 69.8 Å². The standard InChI is InChI=1S/2C14H12N2.C5H8O2.Pt/c2*1-11-10-12-6-2-3-7-13(12)16(11)14-8-4-5-9-15-14;1-4(6)3-5(2)7;/h2*2-10H,1H3;3H2,1-2H3;/q;;;+4. The van der Waals surface area contributed by atoms with Gasteiger partial charge in [0.05, 0.1) is 17.5 Å². The maximum Gasteiger partial charge on any atom is 4.00 e. The molecular weight excluding hydrogens is 679 g/mol. The third kappa shape index (κ3) is 7.49. The largest absolute Gasteiger partial charge is 4.00 e. The summed E-state index contributed by atoms with van der Waals surface area (Å²) in [6, 6.07) is 33.0. The third-order valence-corrected chi connectivity index (χ3v) is 6.04. The van der Waals surface area contributed by atoms with Crippen molar-refractivity contribution in [3.63, 3.8) is 0 Å². The smallest absolute Gasteiger partial charge is 0.300 e. The number of ketones is 2. The van der Waals surface area contributed by atoms with Gasteiger partial charge in [-0.1, -0.05) is 48.5 Å². The zero-order valence-electron chi connectivity index (χ0n) is 23.0. The van der Waals surface area contributed by atoms with Crippen LogP contribution >= 0.6 is 0 Å². The monoisotopic (exact) mass is 711 g/mol. The summed E-state index contributed by atoms with van der Waals surface area (Å²) >= 11 is 0. The van der Waals surface area contributed by atoms with E-state index >= 15 is 0 Å². The summed E-state index contributed by atoms with van der Waals surface area (Å²) in [5.41, 5.74) is 4.83. The number of aryl methyl sites for hydroxylation is 2. The van der Waals surface area contributed by atoms with Crippen molar-refractivity contribution < 1.29 is 30.7 Å². The summed E-state index contributed by atoms with van der Waals surface area (Å²) < 4.78 is 4.35. The van der Waals surface area contributed by atoms with Gasteiger partial charge in [-0.25, -0.2) is 9.97 Å². The van der Waals surface area contributed by atoms with Crippen LogP contribution in [0.15, 0.2) is 109 Å². The molecule has 40 heavy (non-hydrogen) atoms. The molecule has 0 aliphatic heterocycles. The van der Waals surface area contributed by atoms with Gasteiger partial charge in [-0.15, -0.1) is 0 Å². The number of hydrogen-bond acceptors (Lipinski definition) is 4. The Hall–Kier alpha value is -4.15. The number of benzene rings is 2. The molecule has 0 aliphatic carbocycles. The number of para-hydroxylation sites is 2. The summed E-state index contributed by atoms with van der Waals surface area (Å²) in [6.07, 6.45) is 3.73. The van der Waals surface area contributed by atoms with Crippen molar-refractivity contribution in [3.8, 4) is 11.6 Å². The minimum atomic E-state index is -0.0625. The zero-order valence-corrected chi connectivity index (χ0v) is 25.3. The fourth-order valence-corrected chi connectivity index (χ4v) is 4.52. The number of nitrogens with zero attached hydrogens (tertiary/aromatic N) is 4. The second-order valence-corrected chi connectivity index (χ2v) is 9.32. The SMILES string of the molecule is CC(=O)CC(C)=O.Cc1cc2ccccc2n1-c1ccccn1.Cc1cc2ccccc2n1-c1ccccn1.[Pt+4]. The van der Waals surface area contributed by atoms with Crippen molar-refractivity contribution in [1.82, 2.24) is 19.1 Å². The molecule has 0 aliphatic rings. The summed E-state index contributed by atoms with van der Waals surface area (Å²) in [5.74, 6) is 1.82. The van der Waals surface area contributed by atoms with E-state index < -0.39 is 0 Å². The van der Waals surface area contributed by atoms with Crippen LogP contribution in [-0.2, 0) is 30.7 Å². The number of hydrogen-bond donors (Lipinski definition) is 0. The number of Topliss-reactive ketones (excluding diaryl/α,β-unsaturated/α-hetero) is 2. The Morgan fingerprint density at radius 3 is 1.30 bits per heavy atom. The van der Waals surface area contributed by atoms with Gasteiger partial charge < -0.3 is 0 Å². The number of pyridine rings is 2. The Morgan fingerprint density at radius 2 is 0.975 bits per heavy atom. The average molecular weight is 712 g/mol. The Kier molecular flexibility index (Phi) is 10.9. The number of rotatable bonds is 4. The number of carbonyl (C=O) groups is 2.